The van der Waals surface area contributed by atoms with Crippen LogP contribution >= 0.6 is 30.8 Å². The maximum atomic E-state index is 13.1. The molecule has 0 bridgehead atoms. The molecule has 0 spiro atoms. The Kier molecular flexibility index (Phi) is 9.75. The third kappa shape index (κ3) is 5.99. The van der Waals surface area contributed by atoms with E-state index in [4.69, 9.17) is 47.5 Å². The molecule has 0 saturated carbocycles. The number of esters is 2. The third-order valence-electron chi connectivity index (χ3n) is 5.15. The molecule has 35 heavy (non-hydrogen) atoms. The van der Waals surface area contributed by atoms with E-state index in [0.717, 1.165) is 21.1 Å². The van der Waals surface area contributed by atoms with Gasteiger partial charge in [0.05, 0.1) is 51.8 Å². The van der Waals surface area contributed by atoms with Crippen LogP contribution in [0.2, 0.25) is 10.0 Å². The summed E-state index contributed by atoms with van der Waals surface area (Å²) in [6.07, 6.45) is -0.497. The third-order valence-corrected chi connectivity index (χ3v) is 7.67. The topological polar surface area (TPSA) is 157 Å². The molecule has 2 N–H and O–H groups in total. The first kappa shape index (κ1) is 29.1. The van der Waals surface area contributed by atoms with E-state index in [-0.39, 0.29) is 45.7 Å². The molecule has 11 nitrogen and oxygen atoms in total. The van der Waals surface area contributed by atoms with Gasteiger partial charge in [0.2, 0.25) is 0 Å². The van der Waals surface area contributed by atoms with Crippen LogP contribution in [-0.4, -0.2) is 55.1 Å². The average molecular weight is 550 g/mol. The lowest BCUT2D eigenvalue weighted by molar-refractivity contribution is -0.167. The van der Waals surface area contributed by atoms with Crippen LogP contribution < -0.4 is 5.73 Å². The van der Waals surface area contributed by atoms with Crippen LogP contribution in [0.25, 0.3) is 11.0 Å². The highest BCUT2D eigenvalue weighted by atomic mass is 35.5. The minimum atomic E-state index is -3.79. The van der Waals surface area contributed by atoms with E-state index >= 15 is 0 Å². The van der Waals surface area contributed by atoms with Crippen LogP contribution in [0, 0.1) is 5.92 Å². The summed E-state index contributed by atoms with van der Waals surface area (Å²) in [5.74, 6) is -4.99. The normalized spacial score (nSPS) is 13.5. The van der Waals surface area contributed by atoms with Crippen LogP contribution in [0.5, 0.6) is 0 Å². The fourth-order valence-electron chi connectivity index (χ4n) is 3.34. The van der Waals surface area contributed by atoms with E-state index in [1.165, 1.54) is 26.0 Å². The van der Waals surface area contributed by atoms with Gasteiger partial charge < -0.3 is 24.3 Å². The summed E-state index contributed by atoms with van der Waals surface area (Å²) in [6, 6.07) is 2.78. The molecule has 1 aromatic carbocycles. The van der Waals surface area contributed by atoms with Crippen molar-refractivity contribution in [3.05, 3.63) is 33.6 Å². The second kappa shape index (κ2) is 11.7. The molecule has 192 valence electrons. The molecule has 0 aliphatic heterocycles. The minimum absolute atomic E-state index is 0.102. The molecule has 2 aromatic rings. The van der Waals surface area contributed by atoms with E-state index in [1.54, 1.807) is 0 Å². The Morgan fingerprint density at radius 2 is 1.46 bits per heavy atom. The summed E-state index contributed by atoms with van der Waals surface area (Å²) in [4.78, 5) is 47.7. The molecular formula is C21H26Cl2N3O8P. The number of Topliss-reactive ketones (excluding diaryl/α,β-unsaturated/α-hetero) is 1. The summed E-state index contributed by atoms with van der Waals surface area (Å²) in [6.45, 7) is 3.91. The van der Waals surface area contributed by atoms with Crippen molar-refractivity contribution in [2.24, 2.45) is 11.7 Å². The van der Waals surface area contributed by atoms with Crippen molar-refractivity contribution in [1.82, 2.24) is 9.97 Å². The predicted octanol–water partition coefficient (Wildman–Crippen LogP) is 3.41. The van der Waals surface area contributed by atoms with E-state index in [0.29, 0.717) is 0 Å². The van der Waals surface area contributed by atoms with Gasteiger partial charge in [0.15, 0.2) is 11.7 Å². The highest BCUT2D eigenvalue weighted by Gasteiger charge is 2.54. The van der Waals surface area contributed by atoms with Crippen molar-refractivity contribution in [3.8, 4) is 0 Å². The molecule has 0 amide bonds. The molecule has 1 atom stereocenters. The fraction of sp³-hybridized carbons (Fsp3) is 0.476. The summed E-state index contributed by atoms with van der Waals surface area (Å²) >= 11 is 12.2. The van der Waals surface area contributed by atoms with Crippen LogP contribution in [0.3, 0.4) is 0 Å². The average Bonchev–Trinajstić information content (AvgIpc) is 2.79. The number of hydrogen-bond acceptors (Lipinski definition) is 11. The molecule has 1 aromatic heterocycles. The smallest absolute Gasteiger partial charge is 0.336 e. The van der Waals surface area contributed by atoms with E-state index in [1.807, 2.05) is 0 Å². The van der Waals surface area contributed by atoms with Gasteiger partial charge >= 0.3 is 19.5 Å². The van der Waals surface area contributed by atoms with Crippen LogP contribution in [0.4, 0.5) is 0 Å². The molecule has 0 radical (unpaired) electrons. The van der Waals surface area contributed by atoms with E-state index in [9.17, 15) is 18.9 Å². The first-order valence-corrected chi connectivity index (χ1v) is 12.9. The zero-order valence-electron chi connectivity index (χ0n) is 19.8. The number of hydrogen-bond donors (Lipinski definition) is 1. The molecule has 0 fully saturated rings. The van der Waals surface area contributed by atoms with Gasteiger partial charge in [-0.25, -0.2) is 9.97 Å². The summed E-state index contributed by atoms with van der Waals surface area (Å²) < 4.78 is 33.1. The van der Waals surface area contributed by atoms with Gasteiger partial charge in [-0.3, -0.25) is 18.9 Å². The highest BCUT2D eigenvalue weighted by Crippen LogP contribution is 2.51. The first-order chi connectivity index (χ1) is 16.4. The molecule has 2 rings (SSSR count). The molecule has 1 heterocycles. The lowest BCUT2D eigenvalue weighted by Gasteiger charge is -2.33. The summed E-state index contributed by atoms with van der Waals surface area (Å²) in [5, 5.41) is 0.291. The molecule has 0 aliphatic rings. The summed E-state index contributed by atoms with van der Waals surface area (Å²) in [7, 11) is -1.47. The Labute approximate surface area is 212 Å². The SMILES string of the molecule is CCOC(=O)C(C(=O)OCC)C(N)(C(C)=O)c1nc2cc(Cl)c(Cl)cc2nc1CP(=O)(OC)OC. The largest absolute Gasteiger partial charge is 0.465 e. The predicted molar refractivity (Wildman–Crippen MR) is 128 cm³/mol. The Balaban J connectivity index is 2.97. The number of ketones is 1. The molecule has 0 saturated heterocycles. The van der Waals surface area contributed by atoms with Crippen molar-refractivity contribution in [2.75, 3.05) is 27.4 Å². The van der Waals surface area contributed by atoms with Gasteiger partial charge in [0, 0.05) is 14.2 Å². The number of halogens is 2. The van der Waals surface area contributed by atoms with Gasteiger partial charge in [-0.15, -0.1) is 0 Å². The lowest BCUT2D eigenvalue weighted by Crippen LogP contribution is -2.57. The van der Waals surface area contributed by atoms with Crippen molar-refractivity contribution < 1.29 is 37.5 Å². The Morgan fingerprint density at radius 3 is 1.86 bits per heavy atom. The fourth-order valence-corrected chi connectivity index (χ4v) is 4.65. The number of nitrogens with zero attached hydrogens (tertiary/aromatic N) is 2. The van der Waals surface area contributed by atoms with Gasteiger partial charge in [-0.05, 0) is 32.9 Å². The maximum absolute atomic E-state index is 13.1. The van der Waals surface area contributed by atoms with Crippen LogP contribution in [-0.2, 0) is 49.2 Å². The van der Waals surface area contributed by atoms with Crippen molar-refractivity contribution in [2.45, 2.75) is 32.5 Å². The number of aromatic nitrogens is 2. The molecule has 14 heteroatoms. The maximum Gasteiger partial charge on any atom is 0.336 e. The standard InChI is InChI=1S/C21H26Cl2N3O8P/c1-6-33-19(28)17(20(29)34-7-2)21(24,11(3)27)18-16(10-35(30,31-4)32-5)25-14-8-12(22)13(23)9-15(14)26-18/h8-9,17H,6-7,10,24H2,1-5H3. The van der Waals surface area contributed by atoms with Crippen LogP contribution in [0.1, 0.15) is 32.2 Å². The molecule has 1 unspecified atom stereocenters. The molecule has 0 aliphatic carbocycles. The monoisotopic (exact) mass is 549 g/mol. The number of rotatable bonds is 11. The zero-order valence-corrected chi connectivity index (χ0v) is 22.2. The Hall–Kier alpha value is -2.14. The van der Waals surface area contributed by atoms with Crippen molar-refractivity contribution in [3.63, 3.8) is 0 Å². The van der Waals surface area contributed by atoms with E-state index < -0.39 is 42.9 Å². The number of benzene rings is 1. The molecular weight excluding hydrogens is 524 g/mol. The number of nitrogens with two attached hydrogens (primary N) is 1. The Morgan fingerprint density at radius 1 is 1.00 bits per heavy atom. The van der Waals surface area contributed by atoms with Crippen LogP contribution in [0.15, 0.2) is 12.1 Å². The quantitative estimate of drug-likeness (QED) is 0.248. The van der Waals surface area contributed by atoms with E-state index in [2.05, 4.69) is 9.97 Å². The minimum Gasteiger partial charge on any atom is -0.465 e. The number of fused-ring (bicyclic) bond motifs is 1. The van der Waals surface area contributed by atoms with Gasteiger partial charge in [-0.2, -0.15) is 0 Å². The first-order valence-electron chi connectivity index (χ1n) is 10.4. The number of carbonyl (C=O) groups excluding carboxylic acids is 3. The highest BCUT2D eigenvalue weighted by molar-refractivity contribution is 7.52. The lowest BCUT2D eigenvalue weighted by atomic mass is 9.77. The summed E-state index contributed by atoms with van der Waals surface area (Å²) in [5.41, 5.74) is 4.03. The van der Waals surface area contributed by atoms with Gasteiger partial charge in [-0.1, -0.05) is 23.2 Å². The zero-order chi connectivity index (χ0) is 26.6. The van der Waals surface area contributed by atoms with Gasteiger partial charge in [0.1, 0.15) is 5.54 Å². The van der Waals surface area contributed by atoms with Crippen molar-refractivity contribution >= 4 is 59.6 Å². The second-order valence-electron chi connectivity index (χ2n) is 7.27. The Bertz CT molecular complexity index is 1170. The number of ether oxygens (including phenoxy) is 2. The van der Waals surface area contributed by atoms with Crippen molar-refractivity contribution in [1.29, 1.82) is 0 Å². The second-order valence-corrected chi connectivity index (χ2v) is 10.4. The van der Waals surface area contributed by atoms with Gasteiger partial charge in [0.25, 0.3) is 0 Å². The number of carbonyl (C=O) groups is 3.